The van der Waals surface area contributed by atoms with Crippen LogP contribution in [0.3, 0.4) is 0 Å². The van der Waals surface area contributed by atoms with Crippen LogP contribution in [0, 0.1) is 5.41 Å². The van der Waals surface area contributed by atoms with Gasteiger partial charge in [0.05, 0.1) is 16.8 Å². The van der Waals surface area contributed by atoms with Crippen LogP contribution in [-0.4, -0.2) is 22.7 Å². The molecule has 1 aliphatic carbocycles. The van der Waals surface area contributed by atoms with Gasteiger partial charge in [0, 0.05) is 0 Å². The second kappa shape index (κ2) is 3.87. The van der Waals surface area contributed by atoms with E-state index in [1.165, 1.54) is 4.90 Å². The first-order valence-corrected chi connectivity index (χ1v) is 6.69. The second-order valence-corrected chi connectivity index (χ2v) is 6.65. The Morgan fingerprint density at radius 3 is 2.63 bits per heavy atom. The molecule has 0 saturated heterocycles. The van der Waals surface area contributed by atoms with Gasteiger partial charge in [-0.3, -0.25) is 9.59 Å². The van der Waals surface area contributed by atoms with Gasteiger partial charge in [-0.2, -0.15) is 0 Å². The van der Waals surface area contributed by atoms with Gasteiger partial charge in [-0.15, -0.1) is 23.2 Å². The van der Waals surface area contributed by atoms with Gasteiger partial charge in [0.1, 0.15) is 10.9 Å². The molecule has 1 aromatic rings. The summed E-state index contributed by atoms with van der Waals surface area (Å²) in [6.07, 6.45) is 0.405. The Labute approximate surface area is 120 Å². The molecule has 6 heteroatoms. The molecule has 4 nitrogen and oxygen atoms in total. The van der Waals surface area contributed by atoms with Crippen molar-refractivity contribution in [2.45, 2.75) is 17.7 Å². The molecule has 2 aliphatic rings. The zero-order chi connectivity index (χ0) is 13.8. The number of benzene rings is 1. The smallest absolute Gasteiger partial charge is 0.244 e. The summed E-state index contributed by atoms with van der Waals surface area (Å²) >= 11 is 12.1. The van der Waals surface area contributed by atoms with Crippen molar-refractivity contribution in [2.75, 3.05) is 16.8 Å². The summed E-state index contributed by atoms with van der Waals surface area (Å²) in [6.45, 7) is 1.72. The molecule has 1 fully saturated rings. The topological polar surface area (TPSA) is 49.4 Å². The maximum absolute atomic E-state index is 12.6. The minimum absolute atomic E-state index is 0.00467. The van der Waals surface area contributed by atoms with E-state index in [-0.39, 0.29) is 18.4 Å². The lowest BCUT2D eigenvalue weighted by Crippen LogP contribution is -2.46. The fourth-order valence-electron chi connectivity index (χ4n) is 2.34. The third kappa shape index (κ3) is 1.82. The third-order valence-electron chi connectivity index (χ3n) is 3.75. The highest BCUT2D eigenvalue weighted by atomic mass is 35.5. The van der Waals surface area contributed by atoms with Crippen LogP contribution in [0.25, 0.3) is 0 Å². The number of hydrogen-bond donors (Lipinski definition) is 1. The molecule has 1 atom stereocenters. The maximum atomic E-state index is 12.6. The first-order valence-electron chi connectivity index (χ1n) is 5.94. The van der Waals surface area contributed by atoms with Crippen LogP contribution in [0.15, 0.2) is 24.3 Å². The molecule has 100 valence electrons. The van der Waals surface area contributed by atoms with Gasteiger partial charge >= 0.3 is 0 Å². The number of carbonyl (C=O) groups is 2. The predicted molar refractivity (Wildman–Crippen MR) is 74.6 cm³/mol. The van der Waals surface area contributed by atoms with Gasteiger partial charge in [-0.05, 0) is 25.5 Å². The number of hydrogen-bond acceptors (Lipinski definition) is 2. The Kier molecular flexibility index (Phi) is 2.60. The molecule has 1 saturated carbocycles. The van der Waals surface area contributed by atoms with Gasteiger partial charge in [0.25, 0.3) is 0 Å². The van der Waals surface area contributed by atoms with Gasteiger partial charge in [0.15, 0.2) is 0 Å². The first-order chi connectivity index (χ1) is 8.85. The highest BCUT2D eigenvalue weighted by molar-refractivity contribution is 6.53. The van der Waals surface area contributed by atoms with E-state index in [9.17, 15) is 9.59 Å². The lowest BCUT2D eigenvalue weighted by atomic mass is 10.1. The maximum Gasteiger partial charge on any atom is 0.244 e. The summed E-state index contributed by atoms with van der Waals surface area (Å²) < 4.78 is -1.03. The van der Waals surface area contributed by atoms with E-state index in [1.54, 1.807) is 25.1 Å². The Morgan fingerprint density at radius 1 is 1.37 bits per heavy atom. The fraction of sp³-hybridized carbons (Fsp3) is 0.385. The van der Waals surface area contributed by atoms with Crippen LogP contribution < -0.4 is 10.2 Å². The summed E-state index contributed by atoms with van der Waals surface area (Å²) in [5.41, 5.74) is 0.497. The lowest BCUT2D eigenvalue weighted by Gasteiger charge is -2.31. The normalized spacial score (nSPS) is 27.5. The standard InChI is InChI=1S/C13H12Cl2N2O2/c1-12(7-13(12,14)15)11(19)17-6-10(18)16-8-4-2-3-5-9(8)17/h2-5H,6-7H2,1H3,(H,16,18). The SMILES string of the molecule is CC1(C(=O)N2CC(=O)Nc3ccccc32)CC1(Cl)Cl. The van der Waals surface area contributed by atoms with Crippen molar-refractivity contribution in [2.24, 2.45) is 5.41 Å². The molecule has 19 heavy (non-hydrogen) atoms. The van der Waals surface area contributed by atoms with Crippen molar-refractivity contribution in [3.05, 3.63) is 24.3 Å². The van der Waals surface area contributed by atoms with Crippen LogP contribution in [-0.2, 0) is 9.59 Å². The van der Waals surface area contributed by atoms with Gasteiger partial charge in [-0.1, -0.05) is 12.1 Å². The molecule has 2 amide bonds. The summed E-state index contributed by atoms with van der Waals surface area (Å²) in [7, 11) is 0. The minimum atomic E-state index is -1.03. The number of carbonyl (C=O) groups excluding carboxylic acids is 2. The van der Waals surface area contributed by atoms with Crippen molar-refractivity contribution in [1.82, 2.24) is 0 Å². The zero-order valence-electron chi connectivity index (χ0n) is 10.2. The number of para-hydroxylation sites is 2. The average Bonchev–Trinajstić information content (AvgIpc) is 2.88. The lowest BCUT2D eigenvalue weighted by molar-refractivity contribution is -0.125. The predicted octanol–water partition coefficient (Wildman–Crippen LogP) is 2.56. The number of amides is 2. The molecule has 1 aliphatic heterocycles. The number of halogens is 2. The third-order valence-corrected chi connectivity index (χ3v) is 4.85. The van der Waals surface area contributed by atoms with E-state index in [0.29, 0.717) is 17.8 Å². The summed E-state index contributed by atoms with van der Waals surface area (Å²) in [5, 5.41) is 2.74. The molecule has 1 unspecified atom stereocenters. The number of fused-ring (bicyclic) bond motifs is 1. The Morgan fingerprint density at radius 2 is 2.00 bits per heavy atom. The summed E-state index contributed by atoms with van der Waals surface area (Å²) in [4.78, 5) is 25.7. The summed E-state index contributed by atoms with van der Waals surface area (Å²) in [6, 6.07) is 7.18. The van der Waals surface area contributed by atoms with Gasteiger partial charge in [0.2, 0.25) is 11.8 Å². The number of anilines is 2. The second-order valence-electron chi connectivity index (χ2n) is 5.17. The van der Waals surface area contributed by atoms with E-state index >= 15 is 0 Å². The van der Waals surface area contributed by atoms with E-state index in [0.717, 1.165) is 0 Å². The summed E-state index contributed by atoms with van der Waals surface area (Å²) in [5.74, 6) is -0.425. The van der Waals surface area contributed by atoms with Crippen LogP contribution in [0.1, 0.15) is 13.3 Å². The quantitative estimate of drug-likeness (QED) is 0.810. The Balaban J connectivity index is 1.98. The molecule has 1 N–H and O–H groups in total. The highest BCUT2D eigenvalue weighted by Crippen LogP contribution is 2.64. The van der Waals surface area contributed by atoms with Crippen molar-refractivity contribution >= 4 is 46.4 Å². The number of nitrogens with zero attached hydrogens (tertiary/aromatic N) is 1. The number of nitrogens with one attached hydrogen (secondary N) is 1. The molecule has 1 heterocycles. The minimum Gasteiger partial charge on any atom is -0.323 e. The first kappa shape index (κ1) is 12.8. The van der Waals surface area contributed by atoms with Crippen LogP contribution in [0.5, 0.6) is 0 Å². The van der Waals surface area contributed by atoms with Crippen molar-refractivity contribution in [3.63, 3.8) is 0 Å². The molecule has 0 bridgehead atoms. The van der Waals surface area contributed by atoms with Crippen molar-refractivity contribution in [3.8, 4) is 0 Å². The van der Waals surface area contributed by atoms with Crippen LogP contribution in [0.2, 0.25) is 0 Å². The van der Waals surface area contributed by atoms with Crippen molar-refractivity contribution in [1.29, 1.82) is 0 Å². The molecule has 3 rings (SSSR count). The van der Waals surface area contributed by atoms with Gasteiger partial charge in [-0.25, -0.2) is 0 Å². The number of alkyl halides is 2. The van der Waals surface area contributed by atoms with Crippen LogP contribution in [0.4, 0.5) is 11.4 Å². The molecule has 1 aromatic carbocycles. The van der Waals surface area contributed by atoms with E-state index in [1.807, 2.05) is 6.07 Å². The van der Waals surface area contributed by atoms with Crippen LogP contribution >= 0.6 is 23.2 Å². The zero-order valence-corrected chi connectivity index (χ0v) is 11.8. The molecule has 0 aromatic heterocycles. The highest BCUT2D eigenvalue weighted by Gasteiger charge is 2.69. The fourth-order valence-corrected chi connectivity index (χ4v) is 3.04. The molecular weight excluding hydrogens is 287 g/mol. The monoisotopic (exact) mass is 298 g/mol. The molecular formula is C13H12Cl2N2O2. The largest absolute Gasteiger partial charge is 0.323 e. The number of rotatable bonds is 1. The van der Waals surface area contributed by atoms with E-state index in [2.05, 4.69) is 5.32 Å². The van der Waals surface area contributed by atoms with Gasteiger partial charge < -0.3 is 10.2 Å². The molecule has 0 spiro atoms. The Hall–Kier alpha value is -1.26. The molecule has 0 radical (unpaired) electrons. The van der Waals surface area contributed by atoms with E-state index < -0.39 is 9.75 Å². The Bertz CT molecular complexity index is 588. The van der Waals surface area contributed by atoms with E-state index in [4.69, 9.17) is 23.2 Å². The van der Waals surface area contributed by atoms with Crippen molar-refractivity contribution < 1.29 is 9.59 Å². The average molecular weight is 299 g/mol.